The minimum atomic E-state index is -3.99. The normalized spacial score (nSPS) is 13.4. The molecule has 96 valence electrons. The van der Waals surface area contributed by atoms with Crippen LogP contribution in [0.4, 0.5) is 0 Å². The quantitative estimate of drug-likeness (QED) is 0.366. The molecule has 0 fully saturated rings. The number of rotatable bonds is 6. The van der Waals surface area contributed by atoms with Gasteiger partial charge in [-0.1, -0.05) is 12.1 Å². The van der Waals surface area contributed by atoms with Crippen molar-refractivity contribution in [1.29, 1.82) is 0 Å². The predicted octanol–water partition coefficient (Wildman–Crippen LogP) is 1.97. The Morgan fingerprint density at radius 3 is 2.71 bits per heavy atom. The van der Waals surface area contributed by atoms with Gasteiger partial charge in [-0.05, 0) is 38.0 Å². The fourth-order valence-corrected chi connectivity index (χ4v) is 1.53. The number of hydrogen-bond donors (Lipinski definition) is 1. The topological polar surface area (TPSA) is 72.8 Å². The third-order valence-electron chi connectivity index (χ3n) is 2.26. The molecule has 0 aliphatic carbocycles. The highest BCUT2D eigenvalue weighted by atomic mass is 32.2. The summed E-state index contributed by atoms with van der Waals surface area (Å²) in [6.45, 7) is 3.42. The molecule has 6 heteroatoms. The average molecular weight is 260 g/mol. The van der Waals surface area contributed by atoms with Crippen LogP contribution in [0.5, 0.6) is 5.75 Å². The van der Waals surface area contributed by atoms with Gasteiger partial charge in [0.2, 0.25) is 0 Å². The molecule has 0 saturated heterocycles. The molecule has 0 bridgehead atoms. The van der Waals surface area contributed by atoms with E-state index in [9.17, 15) is 8.42 Å². The monoisotopic (exact) mass is 260 g/mol. The van der Waals surface area contributed by atoms with E-state index < -0.39 is 15.4 Å². The van der Waals surface area contributed by atoms with Crippen molar-refractivity contribution in [1.82, 2.24) is 0 Å². The van der Waals surface area contributed by atoms with Crippen LogP contribution in [0.2, 0.25) is 0 Å². The van der Waals surface area contributed by atoms with Crippen molar-refractivity contribution < 1.29 is 22.7 Å². The molecule has 0 saturated carbocycles. The maximum absolute atomic E-state index is 10.7. The second-order valence-electron chi connectivity index (χ2n) is 3.84. The maximum Gasteiger partial charge on any atom is 0.267 e. The molecule has 1 N–H and O–H groups in total. The highest BCUT2D eigenvalue weighted by molar-refractivity contribution is 7.86. The Morgan fingerprint density at radius 2 is 2.12 bits per heavy atom. The Balaban J connectivity index is 2.30. The van der Waals surface area contributed by atoms with Crippen LogP contribution in [0.25, 0.3) is 0 Å². The van der Waals surface area contributed by atoms with Gasteiger partial charge < -0.3 is 4.89 Å². The molecule has 0 aliphatic heterocycles. The van der Waals surface area contributed by atoms with E-state index in [2.05, 4.69) is 0 Å². The van der Waals surface area contributed by atoms with Gasteiger partial charge in [-0.25, -0.2) is 0 Å². The van der Waals surface area contributed by atoms with Crippen LogP contribution in [0.15, 0.2) is 24.3 Å². The first-order valence-electron chi connectivity index (χ1n) is 5.22. The van der Waals surface area contributed by atoms with E-state index in [1.807, 2.05) is 19.1 Å². The SMILES string of the molecule is Cc1cccc(OOCCC(C)S(=O)(=O)O)c1. The summed E-state index contributed by atoms with van der Waals surface area (Å²) in [6, 6.07) is 7.29. The summed E-state index contributed by atoms with van der Waals surface area (Å²) in [6.07, 6.45) is 0.171. The number of benzene rings is 1. The van der Waals surface area contributed by atoms with E-state index >= 15 is 0 Å². The Kier molecular flexibility index (Phi) is 4.92. The zero-order valence-corrected chi connectivity index (χ0v) is 10.6. The lowest BCUT2D eigenvalue weighted by Gasteiger charge is -2.08. The van der Waals surface area contributed by atoms with Crippen molar-refractivity contribution in [2.24, 2.45) is 0 Å². The largest absolute Gasteiger partial charge is 0.338 e. The molecule has 1 rings (SSSR count). The predicted molar refractivity (Wildman–Crippen MR) is 63.4 cm³/mol. The molecule has 1 unspecified atom stereocenters. The molecule has 0 spiro atoms. The first-order valence-corrected chi connectivity index (χ1v) is 6.72. The summed E-state index contributed by atoms with van der Waals surface area (Å²) < 4.78 is 30.1. The van der Waals surface area contributed by atoms with Crippen LogP contribution >= 0.6 is 0 Å². The lowest BCUT2D eigenvalue weighted by Crippen LogP contribution is -2.19. The Bertz CT molecular complexity index is 455. The summed E-state index contributed by atoms with van der Waals surface area (Å²) in [7, 11) is -3.99. The minimum Gasteiger partial charge on any atom is -0.338 e. The van der Waals surface area contributed by atoms with E-state index in [4.69, 9.17) is 14.3 Å². The highest BCUT2D eigenvalue weighted by Gasteiger charge is 2.16. The third kappa shape index (κ3) is 5.16. The molecule has 0 amide bonds. The molecule has 1 atom stereocenters. The van der Waals surface area contributed by atoms with Crippen molar-refractivity contribution in [2.75, 3.05) is 6.61 Å². The third-order valence-corrected chi connectivity index (χ3v) is 3.51. The summed E-state index contributed by atoms with van der Waals surface area (Å²) in [5.41, 5.74) is 1.04. The second kappa shape index (κ2) is 6.00. The summed E-state index contributed by atoms with van der Waals surface area (Å²) in [5, 5.41) is -0.858. The fourth-order valence-electron chi connectivity index (χ4n) is 1.14. The molecule has 17 heavy (non-hydrogen) atoms. The van der Waals surface area contributed by atoms with Crippen LogP contribution in [-0.2, 0) is 15.0 Å². The van der Waals surface area contributed by atoms with Gasteiger partial charge in [0.1, 0.15) is 0 Å². The zero-order chi connectivity index (χ0) is 12.9. The van der Waals surface area contributed by atoms with Gasteiger partial charge in [0, 0.05) is 0 Å². The second-order valence-corrected chi connectivity index (χ2v) is 5.67. The van der Waals surface area contributed by atoms with Crippen LogP contribution in [-0.4, -0.2) is 24.8 Å². The van der Waals surface area contributed by atoms with Crippen molar-refractivity contribution in [2.45, 2.75) is 25.5 Å². The van der Waals surface area contributed by atoms with Crippen LogP contribution in [0, 0.1) is 6.92 Å². The lowest BCUT2D eigenvalue weighted by atomic mass is 10.2. The smallest absolute Gasteiger partial charge is 0.267 e. The first-order chi connectivity index (χ1) is 7.89. The van der Waals surface area contributed by atoms with Gasteiger partial charge in [-0.15, -0.1) is 0 Å². The van der Waals surface area contributed by atoms with E-state index in [0.717, 1.165) is 5.56 Å². The molecular weight excluding hydrogens is 244 g/mol. The number of hydrogen-bond acceptors (Lipinski definition) is 4. The number of aryl methyl sites for hydroxylation is 1. The highest BCUT2D eigenvalue weighted by Crippen LogP contribution is 2.13. The van der Waals surface area contributed by atoms with Crippen LogP contribution in [0.3, 0.4) is 0 Å². The Morgan fingerprint density at radius 1 is 1.41 bits per heavy atom. The molecule has 5 nitrogen and oxygen atoms in total. The standard InChI is InChI=1S/C11H16O5S/c1-9-4-3-5-11(8-9)16-15-7-6-10(2)17(12,13)14/h3-5,8,10H,6-7H2,1-2H3,(H,12,13,14). The summed E-state index contributed by atoms with van der Waals surface area (Å²) >= 11 is 0. The van der Waals surface area contributed by atoms with E-state index in [1.54, 1.807) is 12.1 Å². The lowest BCUT2D eigenvalue weighted by molar-refractivity contribution is -0.207. The van der Waals surface area contributed by atoms with Gasteiger partial charge >= 0.3 is 0 Å². The van der Waals surface area contributed by atoms with Crippen LogP contribution in [0.1, 0.15) is 18.9 Å². The molecule has 0 aliphatic rings. The van der Waals surface area contributed by atoms with Crippen LogP contribution < -0.4 is 4.89 Å². The van der Waals surface area contributed by atoms with Crippen molar-refractivity contribution in [3.05, 3.63) is 29.8 Å². The van der Waals surface area contributed by atoms with Gasteiger partial charge in [0.05, 0.1) is 11.9 Å². The van der Waals surface area contributed by atoms with E-state index in [0.29, 0.717) is 5.75 Å². The van der Waals surface area contributed by atoms with Gasteiger partial charge in [0.25, 0.3) is 10.1 Å². The fraction of sp³-hybridized carbons (Fsp3) is 0.455. The van der Waals surface area contributed by atoms with Gasteiger partial charge in [-0.3, -0.25) is 4.55 Å². The molecular formula is C11H16O5S. The molecule has 0 radical (unpaired) electrons. The van der Waals surface area contributed by atoms with E-state index in [1.165, 1.54) is 6.92 Å². The average Bonchev–Trinajstić information content (AvgIpc) is 2.23. The first kappa shape index (κ1) is 14.0. The molecule has 0 aromatic heterocycles. The van der Waals surface area contributed by atoms with Gasteiger partial charge in [0.15, 0.2) is 5.75 Å². The van der Waals surface area contributed by atoms with E-state index in [-0.39, 0.29) is 13.0 Å². The van der Waals surface area contributed by atoms with Crippen molar-refractivity contribution >= 4 is 10.1 Å². The summed E-state index contributed by atoms with van der Waals surface area (Å²) in [5.74, 6) is 0.560. The van der Waals surface area contributed by atoms with Crippen molar-refractivity contribution in [3.63, 3.8) is 0 Å². The molecule has 0 heterocycles. The van der Waals surface area contributed by atoms with Gasteiger partial charge in [-0.2, -0.15) is 13.3 Å². The zero-order valence-electron chi connectivity index (χ0n) is 9.79. The summed E-state index contributed by atoms with van der Waals surface area (Å²) in [4.78, 5) is 9.84. The maximum atomic E-state index is 10.7. The minimum absolute atomic E-state index is 0.0922. The molecule has 1 aromatic carbocycles. The van der Waals surface area contributed by atoms with Crippen molar-refractivity contribution in [3.8, 4) is 5.75 Å². The Labute approximate surface area is 101 Å². The Hall–Kier alpha value is -1.11. The molecule has 1 aromatic rings.